The predicted octanol–water partition coefficient (Wildman–Crippen LogP) is 3.85. The first-order valence-corrected chi connectivity index (χ1v) is 17.3. The average molecular weight is 547 g/mol. The van der Waals surface area contributed by atoms with Crippen molar-refractivity contribution < 1.29 is 73.5 Å². The van der Waals surface area contributed by atoms with Crippen LogP contribution < -0.4 is 68.9 Å². The summed E-state index contributed by atoms with van der Waals surface area (Å²) in [6.07, 6.45) is 37.6. The third-order valence-electron chi connectivity index (χ3n) is 7.29. The minimum Gasteiger partial charge on any atom is -0.811 e. The van der Waals surface area contributed by atoms with Crippen LogP contribution in [0.2, 0.25) is 0 Å². The van der Waals surface area contributed by atoms with Gasteiger partial charge in [0, 0.05) is 0 Å². The summed E-state index contributed by atoms with van der Waals surface area (Å²) in [6, 6.07) is 0. The van der Waals surface area contributed by atoms with Gasteiger partial charge >= 0.3 is 59.1 Å². The standard InChI is InChI=1S/C30H63O3P.2Na/c1-2-3-4-5-6-7-8-9-10-11-12-13-14-15-16-17-18-19-20-21-22-23-24-25-26-27-28-29-30-34(31,32)33;;/h2-30H2,1H3,(H2,31,32,33);;/q;2*+1/p-2. The zero-order valence-electron chi connectivity index (χ0n) is 25.2. The van der Waals surface area contributed by atoms with Gasteiger partial charge in [-0.1, -0.05) is 188 Å². The molecule has 0 aromatic heterocycles. The van der Waals surface area contributed by atoms with Gasteiger partial charge in [-0.2, -0.15) is 0 Å². The van der Waals surface area contributed by atoms with Crippen molar-refractivity contribution in [3.8, 4) is 0 Å². The van der Waals surface area contributed by atoms with E-state index in [1.807, 2.05) is 0 Å². The molecule has 0 unspecified atom stereocenters. The van der Waals surface area contributed by atoms with Gasteiger partial charge in [0.05, 0.1) is 0 Å². The van der Waals surface area contributed by atoms with Crippen LogP contribution in [-0.2, 0) is 4.57 Å². The molecule has 36 heavy (non-hydrogen) atoms. The first kappa shape index (κ1) is 42.6. The molecule has 0 heterocycles. The van der Waals surface area contributed by atoms with E-state index in [9.17, 15) is 14.4 Å². The van der Waals surface area contributed by atoms with E-state index in [4.69, 9.17) is 0 Å². The summed E-state index contributed by atoms with van der Waals surface area (Å²) >= 11 is 0. The summed E-state index contributed by atoms with van der Waals surface area (Å²) in [6.45, 7) is 2.29. The van der Waals surface area contributed by atoms with Crippen LogP contribution in [0, 0.1) is 0 Å². The first-order valence-electron chi connectivity index (χ1n) is 15.6. The van der Waals surface area contributed by atoms with Gasteiger partial charge in [0.1, 0.15) is 0 Å². The summed E-state index contributed by atoms with van der Waals surface area (Å²) in [5.74, 6) is 0. The van der Waals surface area contributed by atoms with Crippen molar-refractivity contribution in [2.45, 2.75) is 187 Å². The Morgan fingerprint density at radius 3 is 0.694 bits per heavy atom. The molecule has 0 saturated carbocycles. The Bertz CT molecular complexity index is 432. The van der Waals surface area contributed by atoms with Crippen LogP contribution in [0.1, 0.15) is 187 Å². The molecule has 0 rings (SSSR count). The van der Waals surface area contributed by atoms with Gasteiger partial charge in [-0.3, -0.25) is 0 Å². The Hall–Kier alpha value is 2.15. The van der Waals surface area contributed by atoms with E-state index in [0.717, 1.165) is 12.8 Å². The summed E-state index contributed by atoms with van der Waals surface area (Å²) in [7, 11) is -4.27. The minimum atomic E-state index is -4.27. The van der Waals surface area contributed by atoms with Crippen molar-refractivity contribution in [3.05, 3.63) is 0 Å². The Balaban J connectivity index is -0.00000544. The Kier molecular flexibility index (Phi) is 41.6. The second-order valence-corrected chi connectivity index (χ2v) is 12.5. The van der Waals surface area contributed by atoms with Crippen molar-refractivity contribution in [2.24, 2.45) is 0 Å². The van der Waals surface area contributed by atoms with Crippen LogP contribution in [0.15, 0.2) is 0 Å². The molecule has 0 aromatic rings. The minimum absolute atomic E-state index is 0. The zero-order valence-corrected chi connectivity index (χ0v) is 30.1. The zero-order chi connectivity index (χ0) is 25.0. The summed E-state index contributed by atoms with van der Waals surface area (Å²) in [5.41, 5.74) is 0. The van der Waals surface area contributed by atoms with Crippen LogP contribution in [0.4, 0.5) is 0 Å². The van der Waals surface area contributed by atoms with Crippen molar-refractivity contribution in [1.29, 1.82) is 0 Å². The molecule has 0 aliphatic heterocycles. The molecule has 3 nitrogen and oxygen atoms in total. The Labute approximate surface area is 271 Å². The van der Waals surface area contributed by atoms with Gasteiger partial charge < -0.3 is 14.4 Å². The number of rotatable bonds is 29. The van der Waals surface area contributed by atoms with Crippen molar-refractivity contribution in [3.63, 3.8) is 0 Å². The molecule has 0 N–H and O–H groups in total. The molecule has 206 valence electrons. The smallest absolute Gasteiger partial charge is 0.811 e. The summed E-state index contributed by atoms with van der Waals surface area (Å²) < 4.78 is 10.6. The maximum Gasteiger partial charge on any atom is 1.00 e. The van der Waals surface area contributed by atoms with Crippen LogP contribution in [0.3, 0.4) is 0 Å². The molecule has 0 aliphatic rings. The topological polar surface area (TPSA) is 63.2 Å². The monoisotopic (exact) mass is 546 g/mol. The fourth-order valence-corrected chi connectivity index (χ4v) is 5.59. The average Bonchev–Trinajstić information content (AvgIpc) is 2.80. The molecule has 0 aromatic carbocycles. The summed E-state index contributed by atoms with van der Waals surface area (Å²) in [5, 5.41) is 0. The molecular weight excluding hydrogens is 485 g/mol. The third kappa shape index (κ3) is 40.6. The van der Waals surface area contributed by atoms with Crippen LogP contribution in [0.5, 0.6) is 0 Å². The van der Waals surface area contributed by atoms with Crippen LogP contribution >= 0.6 is 7.60 Å². The van der Waals surface area contributed by atoms with E-state index in [2.05, 4.69) is 6.92 Å². The van der Waals surface area contributed by atoms with Crippen LogP contribution in [0.25, 0.3) is 0 Å². The van der Waals surface area contributed by atoms with Gasteiger partial charge in [-0.25, -0.2) is 0 Å². The largest absolute Gasteiger partial charge is 1.00 e. The molecule has 0 atom stereocenters. The van der Waals surface area contributed by atoms with Gasteiger partial charge in [-0.15, -0.1) is 0 Å². The SMILES string of the molecule is CCCCCCCCCCCCCCCCCCCCCCCCCCCCCCP(=O)([O-])[O-].[Na+].[Na+]. The Morgan fingerprint density at radius 2 is 0.528 bits per heavy atom. The number of unbranched alkanes of at least 4 members (excludes halogenated alkanes) is 27. The number of hydrogen-bond acceptors (Lipinski definition) is 3. The van der Waals surface area contributed by atoms with Gasteiger partial charge in [-0.05, 0) is 12.6 Å². The van der Waals surface area contributed by atoms with E-state index >= 15 is 0 Å². The van der Waals surface area contributed by atoms with E-state index < -0.39 is 7.60 Å². The van der Waals surface area contributed by atoms with Crippen molar-refractivity contribution in [2.75, 3.05) is 6.16 Å². The van der Waals surface area contributed by atoms with Gasteiger partial charge in [0.25, 0.3) is 0 Å². The molecule has 0 spiro atoms. The normalized spacial score (nSPS) is 11.3. The number of hydrogen-bond donors (Lipinski definition) is 0. The molecule has 0 saturated heterocycles. The quantitative estimate of drug-likeness (QED) is 0.0814. The molecule has 0 amide bonds. The molecule has 0 bridgehead atoms. The molecule has 0 radical (unpaired) electrons. The van der Waals surface area contributed by atoms with E-state index in [0.29, 0.717) is 6.42 Å². The Morgan fingerprint density at radius 1 is 0.361 bits per heavy atom. The molecule has 0 aliphatic carbocycles. The van der Waals surface area contributed by atoms with E-state index in [-0.39, 0.29) is 65.3 Å². The molecule has 0 fully saturated rings. The van der Waals surface area contributed by atoms with Gasteiger partial charge in [0.2, 0.25) is 0 Å². The third-order valence-corrected chi connectivity index (χ3v) is 8.15. The van der Waals surface area contributed by atoms with E-state index in [1.54, 1.807) is 0 Å². The second-order valence-electron chi connectivity index (χ2n) is 10.9. The van der Waals surface area contributed by atoms with Gasteiger partial charge in [0.15, 0.2) is 0 Å². The molecule has 6 heteroatoms. The fraction of sp³-hybridized carbons (Fsp3) is 1.00. The maximum absolute atomic E-state index is 10.6. The van der Waals surface area contributed by atoms with E-state index in [1.165, 1.54) is 161 Å². The van der Waals surface area contributed by atoms with Crippen molar-refractivity contribution >= 4 is 7.60 Å². The predicted molar refractivity (Wildman–Crippen MR) is 147 cm³/mol. The summed E-state index contributed by atoms with van der Waals surface area (Å²) in [4.78, 5) is 21.1. The first-order chi connectivity index (χ1) is 16.6. The molecular formula is C30H61Na2O3P. The maximum atomic E-state index is 10.6. The van der Waals surface area contributed by atoms with Crippen LogP contribution in [-0.4, -0.2) is 6.16 Å². The van der Waals surface area contributed by atoms with Crippen molar-refractivity contribution in [1.82, 2.24) is 0 Å². The fourth-order valence-electron chi connectivity index (χ4n) is 4.97. The second kappa shape index (κ2) is 35.2.